The zero-order valence-electron chi connectivity index (χ0n) is 16.8. The first-order valence-corrected chi connectivity index (χ1v) is 9.92. The van der Waals surface area contributed by atoms with Gasteiger partial charge in [-0.15, -0.1) is 0 Å². The Morgan fingerprint density at radius 1 is 1.07 bits per heavy atom. The summed E-state index contributed by atoms with van der Waals surface area (Å²) in [6.45, 7) is 1.03. The molecule has 0 spiro atoms. The van der Waals surface area contributed by atoms with Crippen LogP contribution in [0.2, 0.25) is 0 Å². The molecule has 2 aromatic rings. The molecule has 1 atom stereocenters. The molecule has 0 aromatic heterocycles. The summed E-state index contributed by atoms with van der Waals surface area (Å²) in [6, 6.07) is 16.2. The summed E-state index contributed by atoms with van der Waals surface area (Å²) in [5.74, 6) is -2.24. The molecule has 7 heteroatoms. The Morgan fingerprint density at radius 2 is 1.77 bits per heavy atom. The van der Waals surface area contributed by atoms with E-state index in [0.717, 1.165) is 23.3 Å². The van der Waals surface area contributed by atoms with Crippen LogP contribution in [0.25, 0.3) is 0 Å². The number of nitrogens with zero attached hydrogens (tertiary/aromatic N) is 1. The highest BCUT2D eigenvalue weighted by atomic mass is 16.5. The van der Waals surface area contributed by atoms with Crippen molar-refractivity contribution in [2.75, 3.05) is 13.2 Å². The molecular weight excluding hydrogens is 384 g/mol. The van der Waals surface area contributed by atoms with Gasteiger partial charge in [0, 0.05) is 5.56 Å². The van der Waals surface area contributed by atoms with Crippen LogP contribution in [0.3, 0.4) is 0 Å². The van der Waals surface area contributed by atoms with Gasteiger partial charge in [0.15, 0.2) is 6.61 Å². The van der Waals surface area contributed by atoms with Gasteiger partial charge in [0.2, 0.25) is 5.91 Å². The fourth-order valence-corrected chi connectivity index (χ4v) is 3.41. The first-order valence-electron chi connectivity index (χ1n) is 9.92. The molecule has 1 aliphatic heterocycles. The zero-order valence-corrected chi connectivity index (χ0v) is 16.8. The van der Waals surface area contributed by atoms with Crippen LogP contribution in [-0.4, -0.2) is 41.7 Å². The predicted molar refractivity (Wildman–Crippen MR) is 109 cm³/mol. The number of nitrogens with one attached hydrogen (secondary N) is 1. The molecule has 1 N–H and O–H groups in total. The van der Waals surface area contributed by atoms with Gasteiger partial charge < -0.3 is 10.1 Å². The summed E-state index contributed by atoms with van der Waals surface area (Å²) < 4.78 is 5.01. The smallest absolute Gasteiger partial charge is 0.326 e. The number of imide groups is 1. The number of carbonyl (C=O) groups is 4. The zero-order chi connectivity index (χ0) is 21.5. The van der Waals surface area contributed by atoms with Gasteiger partial charge in [0.05, 0.1) is 12.5 Å². The van der Waals surface area contributed by atoms with E-state index in [2.05, 4.69) is 5.32 Å². The molecule has 3 rings (SSSR count). The molecule has 2 aromatic carbocycles. The number of esters is 1. The van der Waals surface area contributed by atoms with Gasteiger partial charge in [-0.2, -0.15) is 0 Å². The van der Waals surface area contributed by atoms with Gasteiger partial charge in [-0.25, -0.2) is 0 Å². The molecule has 0 fully saturated rings. The van der Waals surface area contributed by atoms with Crippen LogP contribution < -0.4 is 5.32 Å². The highest BCUT2D eigenvalue weighted by Gasteiger charge is 2.32. The van der Waals surface area contributed by atoms with E-state index in [4.69, 9.17) is 4.74 Å². The van der Waals surface area contributed by atoms with E-state index in [-0.39, 0.29) is 12.5 Å². The lowest BCUT2D eigenvalue weighted by Gasteiger charge is -2.25. The molecule has 0 unspecified atom stereocenters. The number of benzene rings is 2. The minimum absolute atomic E-state index is 0.0471. The maximum absolute atomic E-state index is 12.5. The Morgan fingerprint density at radius 3 is 2.50 bits per heavy atom. The van der Waals surface area contributed by atoms with Crippen LogP contribution in [0.15, 0.2) is 54.6 Å². The molecule has 1 aliphatic rings. The summed E-state index contributed by atoms with van der Waals surface area (Å²) >= 11 is 0. The van der Waals surface area contributed by atoms with Gasteiger partial charge in [0.1, 0.15) is 6.54 Å². The normalized spacial score (nSPS) is 14.1. The molecule has 3 amide bonds. The van der Waals surface area contributed by atoms with Crippen LogP contribution >= 0.6 is 0 Å². The number of amides is 3. The fraction of sp³-hybridized carbons (Fsp3) is 0.304. The van der Waals surface area contributed by atoms with Gasteiger partial charge in [-0.1, -0.05) is 61.9 Å². The SMILES string of the molecule is CCC[C@@H](NC(=O)COC(=O)CN1C(=O)Cc2ccccc2C1=O)c1ccccc1. The number of hydrogen-bond donors (Lipinski definition) is 1. The maximum atomic E-state index is 12.5. The second-order valence-corrected chi connectivity index (χ2v) is 7.10. The lowest BCUT2D eigenvalue weighted by molar-refractivity contribution is -0.151. The van der Waals surface area contributed by atoms with Crippen molar-refractivity contribution in [2.45, 2.75) is 32.2 Å². The minimum Gasteiger partial charge on any atom is -0.454 e. The second-order valence-electron chi connectivity index (χ2n) is 7.10. The van der Waals surface area contributed by atoms with Crippen LogP contribution in [0.1, 0.15) is 47.3 Å². The van der Waals surface area contributed by atoms with E-state index in [1.165, 1.54) is 0 Å². The maximum Gasteiger partial charge on any atom is 0.326 e. The molecule has 0 saturated heterocycles. The lowest BCUT2D eigenvalue weighted by atomic mass is 9.98. The van der Waals surface area contributed by atoms with E-state index in [9.17, 15) is 19.2 Å². The van der Waals surface area contributed by atoms with Crippen LogP contribution in [0.4, 0.5) is 0 Å². The lowest BCUT2D eigenvalue weighted by Crippen LogP contribution is -2.45. The summed E-state index contributed by atoms with van der Waals surface area (Å²) in [6.07, 6.45) is 1.67. The summed E-state index contributed by atoms with van der Waals surface area (Å²) in [5.41, 5.74) is 2.01. The Labute approximate surface area is 175 Å². The average Bonchev–Trinajstić information content (AvgIpc) is 2.75. The van der Waals surface area contributed by atoms with E-state index in [0.29, 0.717) is 11.1 Å². The molecule has 156 valence electrons. The van der Waals surface area contributed by atoms with Crippen LogP contribution in [0.5, 0.6) is 0 Å². The number of carbonyl (C=O) groups excluding carboxylic acids is 4. The molecule has 0 aliphatic carbocycles. The standard InChI is InChI=1S/C23H24N2O5/c1-2-8-19(16-9-4-3-5-10-16)24-20(26)15-30-22(28)14-25-21(27)13-17-11-6-7-12-18(17)23(25)29/h3-7,9-12,19H,2,8,13-15H2,1H3,(H,24,26)/t19-/m1/s1. The van der Waals surface area contributed by atoms with Gasteiger partial charge in [-0.3, -0.25) is 24.1 Å². The Balaban J connectivity index is 1.53. The van der Waals surface area contributed by atoms with Crippen molar-refractivity contribution >= 4 is 23.7 Å². The van der Waals surface area contributed by atoms with Crippen molar-refractivity contribution in [1.82, 2.24) is 10.2 Å². The largest absolute Gasteiger partial charge is 0.454 e. The number of fused-ring (bicyclic) bond motifs is 1. The highest BCUT2D eigenvalue weighted by Crippen LogP contribution is 2.20. The number of rotatable bonds is 8. The highest BCUT2D eigenvalue weighted by molar-refractivity contribution is 6.11. The van der Waals surface area contributed by atoms with E-state index in [1.807, 2.05) is 37.3 Å². The van der Waals surface area contributed by atoms with E-state index < -0.39 is 36.8 Å². The number of ether oxygens (including phenoxy) is 1. The minimum atomic E-state index is -0.807. The fourth-order valence-electron chi connectivity index (χ4n) is 3.41. The van der Waals surface area contributed by atoms with Crippen LogP contribution in [0, 0.1) is 0 Å². The molecule has 30 heavy (non-hydrogen) atoms. The van der Waals surface area contributed by atoms with Crippen molar-refractivity contribution in [3.05, 3.63) is 71.3 Å². The quantitative estimate of drug-likeness (QED) is 0.535. The Kier molecular flexibility index (Phi) is 6.95. The molecule has 0 radical (unpaired) electrons. The predicted octanol–water partition coefficient (Wildman–Crippen LogP) is 2.41. The molecular formula is C23H24N2O5. The van der Waals surface area contributed by atoms with Crippen molar-refractivity contribution < 1.29 is 23.9 Å². The van der Waals surface area contributed by atoms with Crippen molar-refractivity contribution in [1.29, 1.82) is 0 Å². The molecule has 7 nitrogen and oxygen atoms in total. The van der Waals surface area contributed by atoms with Crippen molar-refractivity contribution in [3.63, 3.8) is 0 Å². The van der Waals surface area contributed by atoms with Gasteiger partial charge in [-0.05, 0) is 23.6 Å². The molecule has 0 bridgehead atoms. The van der Waals surface area contributed by atoms with E-state index in [1.54, 1.807) is 24.3 Å². The first-order chi connectivity index (χ1) is 14.5. The van der Waals surface area contributed by atoms with Crippen molar-refractivity contribution in [2.24, 2.45) is 0 Å². The summed E-state index contributed by atoms with van der Waals surface area (Å²) in [7, 11) is 0. The third kappa shape index (κ3) is 5.11. The third-order valence-electron chi connectivity index (χ3n) is 4.90. The topological polar surface area (TPSA) is 92.8 Å². The number of hydrogen-bond acceptors (Lipinski definition) is 5. The molecule has 1 heterocycles. The Bertz CT molecular complexity index is 942. The second kappa shape index (κ2) is 9.82. The average molecular weight is 408 g/mol. The van der Waals surface area contributed by atoms with Crippen LogP contribution in [-0.2, 0) is 25.5 Å². The van der Waals surface area contributed by atoms with Gasteiger partial charge in [0.25, 0.3) is 11.8 Å². The van der Waals surface area contributed by atoms with Crippen molar-refractivity contribution in [3.8, 4) is 0 Å². The summed E-state index contributed by atoms with van der Waals surface area (Å²) in [5, 5.41) is 2.86. The van der Waals surface area contributed by atoms with Gasteiger partial charge >= 0.3 is 5.97 Å². The monoisotopic (exact) mass is 408 g/mol. The molecule has 0 saturated carbocycles. The third-order valence-corrected chi connectivity index (χ3v) is 4.90. The van der Waals surface area contributed by atoms with E-state index >= 15 is 0 Å². The first kappa shape index (κ1) is 21.2. The Hall–Kier alpha value is -3.48. The summed E-state index contributed by atoms with van der Waals surface area (Å²) in [4.78, 5) is 50.0.